The topological polar surface area (TPSA) is 79.8 Å². The highest BCUT2D eigenvalue weighted by Gasteiger charge is 2.40. The number of aromatic nitrogens is 1. The van der Waals surface area contributed by atoms with Crippen LogP contribution in [-0.2, 0) is 14.3 Å². The van der Waals surface area contributed by atoms with Gasteiger partial charge < -0.3 is 14.5 Å². The molecule has 7 heteroatoms. The van der Waals surface area contributed by atoms with Crippen LogP contribution in [0, 0.1) is 5.92 Å². The van der Waals surface area contributed by atoms with Crippen molar-refractivity contribution in [2.24, 2.45) is 5.92 Å². The van der Waals surface area contributed by atoms with E-state index in [9.17, 15) is 14.4 Å². The number of carbonyl (C=O) groups excluding carboxylic acids is 3. The molecule has 1 unspecified atom stereocenters. The van der Waals surface area contributed by atoms with E-state index in [0.29, 0.717) is 18.7 Å². The molecule has 2 amide bonds. The Balaban J connectivity index is 1.74. The van der Waals surface area contributed by atoms with E-state index in [-0.39, 0.29) is 24.3 Å². The van der Waals surface area contributed by atoms with E-state index in [2.05, 4.69) is 4.98 Å². The Bertz CT molecular complexity index is 658. The zero-order valence-corrected chi connectivity index (χ0v) is 15.1. The maximum atomic E-state index is 12.9. The average molecular weight is 359 g/mol. The molecule has 0 bridgehead atoms. The summed E-state index contributed by atoms with van der Waals surface area (Å²) in [5.41, 5.74) is 0.475. The minimum Gasteiger partial charge on any atom is -0.467 e. The number of ether oxygens (including phenoxy) is 1. The van der Waals surface area contributed by atoms with Crippen molar-refractivity contribution in [1.82, 2.24) is 14.8 Å². The lowest BCUT2D eigenvalue weighted by Gasteiger charge is -2.41. The Hall–Kier alpha value is -2.44. The minimum absolute atomic E-state index is 0.0171. The number of nitrogens with zero attached hydrogens (tertiary/aromatic N) is 3. The van der Waals surface area contributed by atoms with E-state index in [0.717, 1.165) is 32.1 Å². The van der Waals surface area contributed by atoms with E-state index < -0.39 is 12.0 Å². The predicted octanol–water partition coefficient (Wildman–Crippen LogP) is 1.49. The summed E-state index contributed by atoms with van der Waals surface area (Å²) >= 11 is 0. The van der Waals surface area contributed by atoms with Gasteiger partial charge in [-0.05, 0) is 25.0 Å². The van der Waals surface area contributed by atoms with Gasteiger partial charge in [0, 0.05) is 31.4 Å². The maximum Gasteiger partial charge on any atom is 0.330 e. The van der Waals surface area contributed by atoms with E-state index >= 15 is 0 Å². The first-order valence-corrected chi connectivity index (χ1v) is 9.19. The first-order valence-electron chi connectivity index (χ1n) is 9.19. The first-order chi connectivity index (χ1) is 12.6. The Kier molecular flexibility index (Phi) is 5.85. The van der Waals surface area contributed by atoms with Crippen LogP contribution in [-0.4, -0.2) is 65.4 Å². The molecule has 0 aromatic carbocycles. The molecule has 1 aliphatic carbocycles. The van der Waals surface area contributed by atoms with Crippen LogP contribution in [0.3, 0.4) is 0 Å². The predicted molar refractivity (Wildman–Crippen MR) is 94.2 cm³/mol. The van der Waals surface area contributed by atoms with Crippen molar-refractivity contribution in [1.29, 1.82) is 0 Å². The highest BCUT2D eigenvalue weighted by Crippen LogP contribution is 2.27. The normalized spacial score (nSPS) is 21.3. The summed E-state index contributed by atoms with van der Waals surface area (Å²) in [5, 5.41) is 0. The smallest absolute Gasteiger partial charge is 0.330 e. The second-order valence-electron chi connectivity index (χ2n) is 6.90. The van der Waals surface area contributed by atoms with Gasteiger partial charge in [-0.25, -0.2) is 4.79 Å². The van der Waals surface area contributed by atoms with Gasteiger partial charge in [-0.15, -0.1) is 0 Å². The Morgan fingerprint density at radius 2 is 1.92 bits per heavy atom. The van der Waals surface area contributed by atoms with E-state index in [1.54, 1.807) is 28.1 Å². The molecule has 1 aromatic rings. The Morgan fingerprint density at radius 1 is 1.15 bits per heavy atom. The summed E-state index contributed by atoms with van der Waals surface area (Å²) in [7, 11) is 1.31. The van der Waals surface area contributed by atoms with Crippen molar-refractivity contribution in [3.8, 4) is 0 Å². The second-order valence-corrected chi connectivity index (χ2v) is 6.90. The van der Waals surface area contributed by atoms with Crippen LogP contribution in [0.5, 0.6) is 0 Å². The van der Waals surface area contributed by atoms with E-state index in [1.165, 1.54) is 13.3 Å². The second kappa shape index (κ2) is 8.29. The summed E-state index contributed by atoms with van der Waals surface area (Å²) in [6, 6.07) is 2.65. The van der Waals surface area contributed by atoms with Crippen LogP contribution in [0.4, 0.5) is 0 Å². The molecule has 26 heavy (non-hydrogen) atoms. The van der Waals surface area contributed by atoms with Crippen LogP contribution in [0.15, 0.2) is 24.5 Å². The Morgan fingerprint density at radius 3 is 2.58 bits per heavy atom. The fourth-order valence-corrected chi connectivity index (χ4v) is 3.82. The van der Waals surface area contributed by atoms with Gasteiger partial charge in [0.15, 0.2) is 0 Å². The number of pyridine rings is 1. The van der Waals surface area contributed by atoms with Gasteiger partial charge in [0.05, 0.1) is 19.2 Å². The van der Waals surface area contributed by atoms with Gasteiger partial charge >= 0.3 is 5.97 Å². The number of hydrogen-bond donors (Lipinski definition) is 0. The lowest BCUT2D eigenvalue weighted by Crippen LogP contribution is -2.60. The molecule has 1 atom stereocenters. The molecule has 1 saturated carbocycles. The summed E-state index contributed by atoms with van der Waals surface area (Å²) in [6.45, 7) is 0.902. The van der Waals surface area contributed by atoms with Crippen LogP contribution < -0.4 is 0 Å². The van der Waals surface area contributed by atoms with Crippen LogP contribution in [0.1, 0.15) is 42.5 Å². The number of esters is 1. The van der Waals surface area contributed by atoms with Gasteiger partial charge in [0.2, 0.25) is 5.91 Å². The summed E-state index contributed by atoms with van der Waals surface area (Å²) in [6.07, 6.45) is 8.14. The van der Waals surface area contributed by atoms with E-state index in [4.69, 9.17) is 4.74 Å². The number of carbonyl (C=O) groups is 3. The zero-order chi connectivity index (χ0) is 18.5. The molecule has 7 nitrogen and oxygen atoms in total. The largest absolute Gasteiger partial charge is 0.467 e. The quantitative estimate of drug-likeness (QED) is 0.764. The minimum atomic E-state index is -0.746. The van der Waals surface area contributed by atoms with E-state index in [1.807, 2.05) is 0 Å². The number of rotatable bonds is 3. The van der Waals surface area contributed by atoms with Crippen molar-refractivity contribution in [2.45, 2.75) is 38.1 Å². The zero-order valence-electron chi connectivity index (χ0n) is 15.1. The molecule has 1 saturated heterocycles. The molecule has 3 rings (SSSR count). The van der Waals surface area contributed by atoms with Gasteiger partial charge in [0.25, 0.3) is 5.91 Å². The average Bonchev–Trinajstić information content (AvgIpc) is 2.73. The highest BCUT2D eigenvalue weighted by atomic mass is 16.5. The molecule has 2 heterocycles. The molecular formula is C19H25N3O4. The molecule has 0 N–H and O–H groups in total. The molecule has 1 aliphatic heterocycles. The van der Waals surface area contributed by atoms with Crippen molar-refractivity contribution in [2.75, 3.05) is 26.7 Å². The van der Waals surface area contributed by atoms with Gasteiger partial charge in [-0.2, -0.15) is 0 Å². The SMILES string of the molecule is COC(=O)C1CN(C(=O)c2cccnc2)CCN1C(=O)C1CCCCC1. The number of piperazine rings is 1. The van der Waals surface area contributed by atoms with Crippen molar-refractivity contribution >= 4 is 17.8 Å². The fourth-order valence-electron chi connectivity index (χ4n) is 3.82. The van der Waals surface area contributed by atoms with Crippen LogP contribution in [0.25, 0.3) is 0 Å². The molecule has 1 aromatic heterocycles. The third-order valence-electron chi connectivity index (χ3n) is 5.29. The lowest BCUT2D eigenvalue weighted by molar-refractivity contribution is -0.157. The summed E-state index contributed by atoms with van der Waals surface area (Å²) in [5.74, 6) is -0.653. The third-order valence-corrected chi connectivity index (χ3v) is 5.29. The first kappa shape index (κ1) is 18.4. The van der Waals surface area contributed by atoms with Crippen molar-refractivity contribution < 1.29 is 19.1 Å². The number of methoxy groups -OCH3 is 1. The summed E-state index contributed by atoms with van der Waals surface area (Å²) < 4.78 is 4.91. The molecular weight excluding hydrogens is 334 g/mol. The molecule has 2 aliphatic rings. The maximum absolute atomic E-state index is 12.9. The van der Waals surface area contributed by atoms with Crippen LogP contribution in [0.2, 0.25) is 0 Å². The summed E-state index contributed by atoms with van der Waals surface area (Å²) in [4.78, 5) is 45.1. The third kappa shape index (κ3) is 3.86. The number of amides is 2. The fraction of sp³-hybridized carbons (Fsp3) is 0.579. The molecule has 2 fully saturated rings. The molecule has 0 radical (unpaired) electrons. The van der Waals surface area contributed by atoms with Crippen molar-refractivity contribution in [3.63, 3.8) is 0 Å². The van der Waals surface area contributed by atoms with Gasteiger partial charge in [-0.3, -0.25) is 14.6 Å². The van der Waals surface area contributed by atoms with Crippen molar-refractivity contribution in [3.05, 3.63) is 30.1 Å². The van der Waals surface area contributed by atoms with Gasteiger partial charge in [-0.1, -0.05) is 19.3 Å². The number of hydrogen-bond acceptors (Lipinski definition) is 5. The standard InChI is InChI=1S/C19H25N3O4/c1-26-19(25)16-13-21(17(23)15-8-5-9-20-12-15)10-11-22(16)18(24)14-6-3-2-4-7-14/h5,8-9,12,14,16H,2-4,6-7,10-11,13H2,1H3. The molecule has 140 valence electrons. The highest BCUT2D eigenvalue weighted by molar-refractivity contribution is 5.95. The lowest BCUT2D eigenvalue weighted by atomic mass is 9.87. The van der Waals surface area contributed by atoms with Gasteiger partial charge in [0.1, 0.15) is 6.04 Å². The monoisotopic (exact) mass is 359 g/mol. The van der Waals surface area contributed by atoms with Crippen LogP contribution >= 0.6 is 0 Å². The Labute approximate surface area is 153 Å². The molecule has 0 spiro atoms.